The predicted molar refractivity (Wildman–Crippen MR) is 76.9 cm³/mol. The van der Waals surface area contributed by atoms with E-state index in [0.717, 1.165) is 5.69 Å². The van der Waals surface area contributed by atoms with Crippen LogP contribution in [0, 0.1) is 0 Å². The topological polar surface area (TPSA) is 47.3 Å². The molecule has 0 heterocycles. The second kappa shape index (κ2) is 6.79. The van der Waals surface area contributed by atoms with Gasteiger partial charge in [-0.1, -0.05) is 23.8 Å². The van der Waals surface area contributed by atoms with Gasteiger partial charge in [0.15, 0.2) is 0 Å². The van der Waals surface area contributed by atoms with Gasteiger partial charge in [0.2, 0.25) is 0 Å². The molecule has 1 rings (SSSR count). The van der Waals surface area contributed by atoms with Crippen molar-refractivity contribution in [3.05, 3.63) is 28.8 Å². The number of rotatable bonds is 6. The fraction of sp³-hybridized carbons (Fsp3) is 0.417. The minimum Gasteiger partial charge on any atom is -0.389 e. The quantitative estimate of drug-likeness (QED) is 0.782. The van der Waals surface area contributed by atoms with Gasteiger partial charge in [-0.15, -0.1) is 0 Å². The first-order valence-corrected chi connectivity index (χ1v) is 6.26. The number of benzene rings is 1. The molecule has 0 aliphatic rings. The molecule has 0 radical (unpaired) electrons. The molecule has 0 bridgehead atoms. The summed E-state index contributed by atoms with van der Waals surface area (Å²) in [7, 11) is 0. The minimum absolute atomic E-state index is 0.224. The maximum Gasteiger partial charge on any atom is 0.105 e. The first-order chi connectivity index (χ1) is 8.04. The van der Waals surface area contributed by atoms with Crippen molar-refractivity contribution in [2.24, 2.45) is 5.73 Å². The first kappa shape index (κ1) is 14.2. The Morgan fingerprint density at radius 1 is 1.59 bits per heavy atom. The van der Waals surface area contributed by atoms with Gasteiger partial charge in [-0.3, -0.25) is 0 Å². The van der Waals surface area contributed by atoms with Gasteiger partial charge in [-0.2, -0.15) is 0 Å². The summed E-state index contributed by atoms with van der Waals surface area (Å²) < 4.78 is 5.32. The summed E-state index contributed by atoms with van der Waals surface area (Å²) in [6.07, 6.45) is 0. The van der Waals surface area contributed by atoms with E-state index in [-0.39, 0.29) is 6.04 Å². The van der Waals surface area contributed by atoms with Crippen molar-refractivity contribution < 1.29 is 4.74 Å². The van der Waals surface area contributed by atoms with E-state index in [4.69, 9.17) is 34.3 Å². The number of anilines is 1. The first-order valence-electron chi connectivity index (χ1n) is 5.48. The van der Waals surface area contributed by atoms with Gasteiger partial charge in [0.1, 0.15) is 4.99 Å². The molecular weight excluding hydrogens is 256 g/mol. The number of nitrogens with two attached hydrogens (primary N) is 1. The number of halogens is 1. The van der Waals surface area contributed by atoms with Gasteiger partial charge in [0.25, 0.3) is 0 Å². The maximum absolute atomic E-state index is 6.07. The Morgan fingerprint density at radius 2 is 2.29 bits per heavy atom. The fourth-order valence-electron chi connectivity index (χ4n) is 1.43. The summed E-state index contributed by atoms with van der Waals surface area (Å²) in [5, 5.41) is 3.85. The van der Waals surface area contributed by atoms with E-state index in [9.17, 15) is 0 Å². The third kappa shape index (κ3) is 4.50. The lowest BCUT2D eigenvalue weighted by Crippen LogP contribution is -2.21. The monoisotopic (exact) mass is 272 g/mol. The normalized spacial score (nSPS) is 12.2. The molecule has 17 heavy (non-hydrogen) atoms. The Morgan fingerprint density at radius 3 is 2.82 bits per heavy atom. The van der Waals surface area contributed by atoms with E-state index in [1.165, 1.54) is 0 Å². The van der Waals surface area contributed by atoms with Crippen LogP contribution in [0.25, 0.3) is 0 Å². The number of ether oxygens (including phenoxy) is 1. The highest BCUT2D eigenvalue weighted by molar-refractivity contribution is 7.80. The summed E-state index contributed by atoms with van der Waals surface area (Å²) in [5.74, 6) is 0. The zero-order valence-electron chi connectivity index (χ0n) is 10.00. The molecule has 0 fully saturated rings. The number of nitrogens with one attached hydrogen (secondary N) is 1. The van der Waals surface area contributed by atoms with Crippen molar-refractivity contribution in [1.29, 1.82) is 0 Å². The number of thiocarbonyl (C=S) groups is 1. The van der Waals surface area contributed by atoms with Crippen LogP contribution in [0.15, 0.2) is 18.2 Å². The molecule has 0 aliphatic carbocycles. The van der Waals surface area contributed by atoms with Crippen LogP contribution in [0.2, 0.25) is 5.02 Å². The Labute approximate surface area is 112 Å². The van der Waals surface area contributed by atoms with E-state index in [2.05, 4.69) is 5.32 Å². The van der Waals surface area contributed by atoms with Gasteiger partial charge < -0.3 is 15.8 Å². The van der Waals surface area contributed by atoms with Crippen molar-refractivity contribution >= 4 is 34.5 Å². The largest absolute Gasteiger partial charge is 0.389 e. The average Bonchev–Trinajstić information content (AvgIpc) is 2.26. The lowest BCUT2D eigenvalue weighted by Gasteiger charge is -2.15. The van der Waals surface area contributed by atoms with Crippen molar-refractivity contribution in [1.82, 2.24) is 0 Å². The molecule has 0 amide bonds. The Bertz CT molecular complexity index is 398. The molecule has 0 saturated carbocycles. The summed E-state index contributed by atoms with van der Waals surface area (Å²) >= 11 is 11.0. The van der Waals surface area contributed by atoms with E-state index < -0.39 is 0 Å². The zero-order chi connectivity index (χ0) is 12.8. The van der Waals surface area contributed by atoms with E-state index in [1.807, 2.05) is 32.0 Å². The van der Waals surface area contributed by atoms with Gasteiger partial charge >= 0.3 is 0 Å². The lowest BCUT2D eigenvalue weighted by molar-refractivity contribution is 0.141. The van der Waals surface area contributed by atoms with Crippen molar-refractivity contribution in [3.63, 3.8) is 0 Å². The van der Waals surface area contributed by atoms with E-state index in [1.54, 1.807) is 0 Å². The predicted octanol–water partition coefficient (Wildman–Crippen LogP) is 2.81. The van der Waals surface area contributed by atoms with Crippen LogP contribution in [0.3, 0.4) is 0 Å². The van der Waals surface area contributed by atoms with Crippen LogP contribution < -0.4 is 11.1 Å². The molecule has 1 unspecified atom stereocenters. The van der Waals surface area contributed by atoms with Gasteiger partial charge in [-0.05, 0) is 32.0 Å². The molecule has 0 saturated heterocycles. The average molecular weight is 273 g/mol. The zero-order valence-corrected chi connectivity index (χ0v) is 11.6. The van der Waals surface area contributed by atoms with E-state index in [0.29, 0.717) is 28.8 Å². The van der Waals surface area contributed by atoms with E-state index >= 15 is 0 Å². The summed E-state index contributed by atoms with van der Waals surface area (Å²) in [6, 6.07) is 5.77. The molecule has 3 nitrogen and oxygen atoms in total. The molecule has 94 valence electrons. The highest BCUT2D eigenvalue weighted by atomic mass is 35.5. The van der Waals surface area contributed by atoms with Crippen LogP contribution in [0.1, 0.15) is 19.4 Å². The van der Waals surface area contributed by atoms with Crippen molar-refractivity contribution in [2.45, 2.75) is 19.9 Å². The van der Waals surface area contributed by atoms with Crippen LogP contribution in [0.5, 0.6) is 0 Å². The van der Waals surface area contributed by atoms with Crippen LogP contribution in [0.4, 0.5) is 5.69 Å². The Kier molecular flexibility index (Phi) is 5.68. The number of hydrogen-bond acceptors (Lipinski definition) is 3. The van der Waals surface area contributed by atoms with Gasteiger partial charge in [0.05, 0.1) is 11.6 Å². The standard InChI is InChI=1S/C12H17ClN2OS/c1-3-16-7-8(2)15-9-4-5-10(12(14)17)11(13)6-9/h4-6,8,15H,3,7H2,1-2H3,(H2,14,17). The Hall–Kier alpha value is -0.840. The van der Waals surface area contributed by atoms with Gasteiger partial charge in [-0.25, -0.2) is 0 Å². The molecule has 0 aromatic heterocycles. The molecular formula is C12H17ClN2OS. The third-order valence-electron chi connectivity index (χ3n) is 2.22. The maximum atomic E-state index is 6.07. The summed E-state index contributed by atoms with van der Waals surface area (Å²) in [5.41, 5.74) is 7.17. The van der Waals surface area contributed by atoms with Crippen molar-refractivity contribution in [2.75, 3.05) is 18.5 Å². The minimum atomic E-state index is 0.224. The highest BCUT2D eigenvalue weighted by Crippen LogP contribution is 2.21. The second-order valence-corrected chi connectivity index (χ2v) is 4.61. The molecule has 0 spiro atoms. The highest BCUT2D eigenvalue weighted by Gasteiger charge is 2.06. The summed E-state index contributed by atoms with van der Waals surface area (Å²) in [4.78, 5) is 0.309. The van der Waals surface area contributed by atoms with Crippen LogP contribution in [-0.4, -0.2) is 24.2 Å². The summed E-state index contributed by atoms with van der Waals surface area (Å²) in [6.45, 7) is 5.39. The Balaban J connectivity index is 2.67. The van der Waals surface area contributed by atoms with Crippen molar-refractivity contribution in [3.8, 4) is 0 Å². The molecule has 1 aromatic rings. The molecule has 1 aromatic carbocycles. The molecule has 1 atom stereocenters. The second-order valence-electron chi connectivity index (χ2n) is 3.76. The smallest absolute Gasteiger partial charge is 0.105 e. The fourth-order valence-corrected chi connectivity index (χ4v) is 1.94. The number of hydrogen-bond donors (Lipinski definition) is 2. The van der Waals surface area contributed by atoms with Crippen LogP contribution in [-0.2, 0) is 4.74 Å². The molecule has 3 N–H and O–H groups in total. The SMILES string of the molecule is CCOCC(C)Nc1ccc(C(N)=S)c(Cl)c1. The molecule has 0 aliphatic heterocycles. The lowest BCUT2D eigenvalue weighted by atomic mass is 10.2. The molecule has 5 heteroatoms. The third-order valence-corrected chi connectivity index (χ3v) is 2.75. The van der Waals surface area contributed by atoms with Crippen LogP contribution >= 0.6 is 23.8 Å². The van der Waals surface area contributed by atoms with Gasteiger partial charge in [0, 0.05) is 23.9 Å².